The van der Waals surface area contributed by atoms with Crippen molar-refractivity contribution < 1.29 is 0 Å². The molecule has 0 radical (unpaired) electrons. The van der Waals surface area contributed by atoms with E-state index in [1.807, 2.05) is 11.3 Å². The third-order valence-electron chi connectivity index (χ3n) is 14.0. The fraction of sp³-hybridized carbons (Fsp3) is 0.176. The molecule has 262 valence electrons. The lowest BCUT2D eigenvalue weighted by molar-refractivity contribution is 0.125. The summed E-state index contributed by atoms with van der Waals surface area (Å²) in [7, 11) is 0. The van der Waals surface area contributed by atoms with Crippen LogP contribution in [0.5, 0.6) is 0 Å². The van der Waals surface area contributed by atoms with Gasteiger partial charge in [0.15, 0.2) is 0 Å². The molecule has 0 amide bonds. The van der Waals surface area contributed by atoms with E-state index >= 15 is 0 Å². The van der Waals surface area contributed by atoms with Gasteiger partial charge in [0.25, 0.3) is 0 Å². The highest BCUT2D eigenvalue weighted by molar-refractivity contribution is 7.25. The van der Waals surface area contributed by atoms with Crippen molar-refractivity contribution in [3.63, 3.8) is 0 Å². The molecule has 7 aromatic carbocycles. The van der Waals surface area contributed by atoms with Crippen molar-refractivity contribution in [3.8, 4) is 22.5 Å². The Hall–Kier alpha value is -5.64. The predicted molar refractivity (Wildman–Crippen MR) is 233 cm³/mol. The van der Waals surface area contributed by atoms with E-state index in [0.717, 1.165) is 0 Å². The van der Waals surface area contributed by atoms with Crippen LogP contribution in [-0.2, 0) is 10.8 Å². The second kappa shape index (κ2) is 10.7. The number of benzene rings is 7. The van der Waals surface area contributed by atoms with E-state index in [4.69, 9.17) is 0 Å². The molecule has 2 nitrogen and oxygen atoms in total. The van der Waals surface area contributed by atoms with Crippen LogP contribution in [-0.4, -0.2) is 9.13 Å². The summed E-state index contributed by atoms with van der Waals surface area (Å²) in [5.41, 5.74) is 12.9. The summed E-state index contributed by atoms with van der Waals surface area (Å²) in [6.45, 7) is 14.8. The first-order valence-electron chi connectivity index (χ1n) is 19.2. The quantitative estimate of drug-likeness (QED) is 0.172. The van der Waals surface area contributed by atoms with Gasteiger partial charge in [0.1, 0.15) is 0 Å². The van der Waals surface area contributed by atoms with Crippen LogP contribution in [0.25, 0.3) is 86.3 Å². The maximum atomic E-state index is 2.48. The zero-order valence-electron chi connectivity index (χ0n) is 31.7. The summed E-state index contributed by atoms with van der Waals surface area (Å²) in [6, 6.07) is 54.5. The molecule has 0 atom stereocenters. The molecule has 11 rings (SSSR count). The number of rotatable bonds is 3. The van der Waals surface area contributed by atoms with Crippen molar-refractivity contribution in [1.82, 2.24) is 9.13 Å². The number of para-hydroxylation sites is 2. The van der Waals surface area contributed by atoms with Crippen LogP contribution < -0.4 is 0 Å². The standard InChI is InChI=1S/C51H42N2S/c1-49(2)40-24-27-44-47(48(40)50(3,4)51(49,5)6)39-29-32(21-26-43(39)52(44)33-14-8-7-9-15-33)31-20-25-42-38(28-31)35-16-10-12-18-41(35)53(42)34-22-23-37-36-17-11-13-19-45(36)54-46(37)30-34/h7-30H,1-6H3. The van der Waals surface area contributed by atoms with E-state index in [1.165, 1.54) is 97.4 Å². The molecule has 0 aliphatic heterocycles. The van der Waals surface area contributed by atoms with Crippen molar-refractivity contribution in [3.05, 3.63) is 157 Å². The first kappa shape index (κ1) is 31.8. The summed E-state index contributed by atoms with van der Waals surface area (Å²) in [5, 5.41) is 7.93. The molecular formula is C51H42N2S. The van der Waals surface area contributed by atoms with Crippen LogP contribution in [0, 0.1) is 5.41 Å². The van der Waals surface area contributed by atoms with Gasteiger partial charge in [-0.1, -0.05) is 120 Å². The number of nitrogens with zero attached hydrogens (tertiary/aromatic N) is 2. The Kier molecular flexibility index (Phi) is 6.33. The lowest BCUT2D eigenvalue weighted by Crippen LogP contribution is -2.42. The molecule has 0 saturated heterocycles. The van der Waals surface area contributed by atoms with E-state index in [1.54, 1.807) is 0 Å². The van der Waals surface area contributed by atoms with Gasteiger partial charge in [-0.3, -0.25) is 0 Å². The van der Waals surface area contributed by atoms with Crippen LogP contribution in [0.4, 0.5) is 0 Å². The maximum absolute atomic E-state index is 2.48. The summed E-state index contributed by atoms with van der Waals surface area (Å²) < 4.78 is 7.58. The summed E-state index contributed by atoms with van der Waals surface area (Å²) in [5.74, 6) is 0. The van der Waals surface area contributed by atoms with Crippen molar-refractivity contribution in [2.24, 2.45) is 5.41 Å². The molecule has 1 aliphatic rings. The van der Waals surface area contributed by atoms with E-state index in [-0.39, 0.29) is 16.2 Å². The second-order valence-electron chi connectivity index (χ2n) is 17.0. The lowest BCUT2D eigenvalue weighted by Gasteiger charge is -2.44. The zero-order chi connectivity index (χ0) is 36.7. The lowest BCUT2D eigenvalue weighted by atomic mass is 9.59. The van der Waals surface area contributed by atoms with E-state index in [9.17, 15) is 0 Å². The monoisotopic (exact) mass is 714 g/mol. The Bertz CT molecular complexity index is 3180. The summed E-state index contributed by atoms with van der Waals surface area (Å²) in [4.78, 5) is 0. The molecule has 10 aromatic rings. The van der Waals surface area contributed by atoms with Crippen molar-refractivity contribution >= 4 is 75.1 Å². The molecule has 3 heterocycles. The molecule has 0 fully saturated rings. The highest BCUT2D eigenvalue weighted by atomic mass is 32.1. The Morgan fingerprint density at radius 1 is 0.407 bits per heavy atom. The number of thiophene rings is 1. The normalized spacial score (nSPS) is 16.0. The van der Waals surface area contributed by atoms with Crippen molar-refractivity contribution in [1.29, 1.82) is 0 Å². The van der Waals surface area contributed by atoms with Gasteiger partial charge in [0, 0.05) is 53.1 Å². The maximum Gasteiger partial charge on any atom is 0.0544 e. The Labute approximate surface area is 319 Å². The van der Waals surface area contributed by atoms with Crippen molar-refractivity contribution in [2.75, 3.05) is 0 Å². The van der Waals surface area contributed by atoms with Gasteiger partial charge < -0.3 is 9.13 Å². The molecule has 0 unspecified atom stereocenters. The van der Waals surface area contributed by atoms with Gasteiger partial charge >= 0.3 is 0 Å². The minimum atomic E-state index is -0.0310. The minimum absolute atomic E-state index is 0.0273. The third-order valence-corrected chi connectivity index (χ3v) is 15.1. The van der Waals surface area contributed by atoms with Gasteiger partial charge in [-0.05, 0) is 105 Å². The fourth-order valence-electron chi connectivity index (χ4n) is 10.0. The molecular weight excluding hydrogens is 673 g/mol. The predicted octanol–water partition coefficient (Wildman–Crippen LogP) is 14.5. The third kappa shape index (κ3) is 4.00. The van der Waals surface area contributed by atoms with Crippen LogP contribution in [0.2, 0.25) is 0 Å². The number of hydrogen-bond acceptors (Lipinski definition) is 1. The average Bonchev–Trinajstić information content (AvgIpc) is 3.86. The number of aromatic nitrogens is 2. The highest BCUT2D eigenvalue weighted by Gasteiger charge is 2.57. The number of fused-ring (bicyclic) bond motifs is 11. The largest absolute Gasteiger partial charge is 0.309 e. The molecule has 3 heteroatoms. The molecule has 0 spiro atoms. The minimum Gasteiger partial charge on any atom is -0.309 e. The Morgan fingerprint density at radius 3 is 1.78 bits per heavy atom. The van der Waals surface area contributed by atoms with Gasteiger partial charge in [-0.15, -0.1) is 11.3 Å². The molecule has 1 aliphatic carbocycles. The topological polar surface area (TPSA) is 9.86 Å². The summed E-state index contributed by atoms with van der Waals surface area (Å²) in [6.07, 6.45) is 0. The van der Waals surface area contributed by atoms with Crippen LogP contribution in [0.15, 0.2) is 146 Å². The molecule has 0 bridgehead atoms. The van der Waals surface area contributed by atoms with Gasteiger partial charge in [-0.2, -0.15) is 0 Å². The molecule has 54 heavy (non-hydrogen) atoms. The SMILES string of the molecule is CC1(C)c2ccc3c(c2C(C)(C)C1(C)C)c1cc(-c2ccc4c(c2)c2ccccc2n4-c2ccc4c(c2)sc2ccccc24)ccc1n3-c1ccccc1. The van der Waals surface area contributed by atoms with E-state index in [0.29, 0.717) is 0 Å². The van der Waals surface area contributed by atoms with Gasteiger partial charge in [-0.25, -0.2) is 0 Å². The Morgan fingerprint density at radius 2 is 1.00 bits per heavy atom. The average molecular weight is 715 g/mol. The van der Waals surface area contributed by atoms with Gasteiger partial charge in [0.2, 0.25) is 0 Å². The van der Waals surface area contributed by atoms with Crippen LogP contribution in [0.1, 0.15) is 52.7 Å². The first-order valence-corrected chi connectivity index (χ1v) is 20.0. The molecule has 3 aromatic heterocycles. The smallest absolute Gasteiger partial charge is 0.0544 e. The molecule has 0 saturated carbocycles. The van der Waals surface area contributed by atoms with E-state index in [2.05, 4.69) is 196 Å². The number of hydrogen-bond donors (Lipinski definition) is 0. The second-order valence-corrected chi connectivity index (χ2v) is 18.1. The first-order chi connectivity index (χ1) is 26.1. The highest BCUT2D eigenvalue weighted by Crippen LogP contribution is 2.63. The van der Waals surface area contributed by atoms with Gasteiger partial charge in [0.05, 0.1) is 22.1 Å². The fourth-order valence-corrected chi connectivity index (χ4v) is 11.2. The molecule has 0 N–H and O–H groups in total. The van der Waals surface area contributed by atoms with Crippen LogP contribution >= 0.6 is 11.3 Å². The van der Waals surface area contributed by atoms with Crippen molar-refractivity contribution in [2.45, 2.75) is 52.4 Å². The summed E-state index contributed by atoms with van der Waals surface area (Å²) >= 11 is 1.88. The Balaban J connectivity index is 1.15. The van der Waals surface area contributed by atoms with Crippen LogP contribution in [0.3, 0.4) is 0 Å². The zero-order valence-corrected chi connectivity index (χ0v) is 32.5. The van der Waals surface area contributed by atoms with E-state index < -0.39 is 0 Å².